The smallest absolute Gasteiger partial charge is 0.319 e. The first kappa shape index (κ1) is 20.0. The third-order valence-electron chi connectivity index (χ3n) is 5.51. The predicted octanol–water partition coefficient (Wildman–Crippen LogP) is 4.37. The minimum Gasteiger partial charge on any atom is -0.370 e. The SMILES string of the molecule is O=C(Nc1cc(Cl)ccc1N1CCCCC1)NC1CCS(=O)(=O)c2ccccc21. The van der Waals surface area contributed by atoms with E-state index in [2.05, 4.69) is 15.5 Å². The number of carbonyl (C=O) groups is 1. The van der Waals surface area contributed by atoms with Gasteiger partial charge in [0.2, 0.25) is 0 Å². The van der Waals surface area contributed by atoms with Crippen molar-refractivity contribution >= 4 is 38.8 Å². The van der Waals surface area contributed by atoms with E-state index in [1.54, 1.807) is 30.3 Å². The van der Waals surface area contributed by atoms with E-state index >= 15 is 0 Å². The van der Waals surface area contributed by atoms with Crippen molar-refractivity contribution in [2.45, 2.75) is 36.6 Å². The Morgan fingerprint density at radius 3 is 2.62 bits per heavy atom. The second-order valence-corrected chi connectivity index (χ2v) is 10.0. The minimum atomic E-state index is -3.29. The highest BCUT2D eigenvalue weighted by atomic mass is 35.5. The molecule has 1 fully saturated rings. The van der Waals surface area contributed by atoms with Crippen molar-refractivity contribution in [1.29, 1.82) is 0 Å². The predicted molar refractivity (Wildman–Crippen MR) is 116 cm³/mol. The number of amides is 2. The average molecular weight is 434 g/mol. The summed E-state index contributed by atoms with van der Waals surface area (Å²) in [7, 11) is -3.29. The number of piperidine rings is 1. The summed E-state index contributed by atoms with van der Waals surface area (Å²) in [6, 6.07) is 11.6. The number of nitrogens with one attached hydrogen (secondary N) is 2. The molecule has 0 radical (unpaired) electrons. The molecule has 2 aromatic rings. The Morgan fingerprint density at radius 2 is 1.83 bits per heavy atom. The third kappa shape index (κ3) is 4.36. The summed E-state index contributed by atoms with van der Waals surface area (Å²) in [5, 5.41) is 6.41. The zero-order chi connectivity index (χ0) is 20.4. The van der Waals surface area contributed by atoms with Gasteiger partial charge >= 0.3 is 6.03 Å². The summed E-state index contributed by atoms with van der Waals surface area (Å²) in [4.78, 5) is 15.3. The molecule has 0 spiro atoms. The maximum absolute atomic E-state index is 12.8. The minimum absolute atomic E-state index is 0.0190. The van der Waals surface area contributed by atoms with Crippen LogP contribution in [0.15, 0.2) is 47.4 Å². The fourth-order valence-corrected chi connectivity index (χ4v) is 5.87. The van der Waals surface area contributed by atoms with Gasteiger partial charge in [0.15, 0.2) is 9.84 Å². The molecule has 0 saturated carbocycles. The van der Waals surface area contributed by atoms with Crippen molar-refractivity contribution in [3.63, 3.8) is 0 Å². The molecule has 2 aliphatic heterocycles. The maximum atomic E-state index is 12.8. The Morgan fingerprint density at radius 1 is 1.07 bits per heavy atom. The molecule has 6 nitrogen and oxygen atoms in total. The Hall–Kier alpha value is -2.25. The Bertz CT molecular complexity index is 1020. The molecule has 29 heavy (non-hydrogen) atoms. The molecule has 2 aliphatic rings. The number of nitrogens with zero attached hydrogens (tertiary/aromatic N) is 1. The second kappa shape index (κ2) is 8.24. The van der Waals surface area contributed by atoms with Crippen LogP contribution >= 0.6 is 11.6 Å². The van der Waals surface area contributed by atoms with Crippen molar-refractivity contribution in [3.05, 3.63) is 53.1 Å². The number of halogens is 1. The standard InChI is InChI=1S/C21H24ClN3O3S/c22-15-8-9-19(25-11-4-1-5-12-25)18(14-15)24-21(26)23-17-10-13-29(27,28)20-7-3-2-6-16(17)20/h2-3,6-9,14,17H,1,4-5,10-13H2,(H2,23,24,26). The van der Waals surface area contributed by atoms with Crippen LogP contribution in [0.1, 0.15) is 37.3 Å². The third-order valence-corrected chi connectivity index (χ3v) is 7.56. The van der Waals surface area contributed by atoms with Crippen molar-refractivity contribution in [3.8, 4) is 0 Å². The van der Waals surface area contributed by atoms with Gasteiger partial charge in [-0.1, -0.05) is 29.8 Å². The van der Waals surface area contributed by atoms with E-state index in [1.807, 2.05) is 12.1 Å². The van der Waals surface area contributed by atoms with Crippen molar-refractivity contribution < 1.29 is 13.2 Å². The van der Waals surface area contributed by atoms with Gasteiger partial charge in [0.25, 0.3) is 0 Å². The molecule has 8 heteroatoms. The first-order chi connectivity index (χ1) is 13.9. The van der Waals surface area contributed by atoms with Gasteiger partial charge in [0.1, 0.15) is 0 Å². The van der Waals surface area contributed by atoms with Gasteiger partial charge in [-0.05, 0) is 55.5 Å². The van der Waals surface area contributed by atoms with Crippen molar-refractivity contribution in [2.24, 2.45) is 0 Å². The van der Waals surface area contributed by atoms with Gasteiger partial charge in [-0.3, -0.25) is 0 Å². The number of rotatable bonds is 3. The van der Waals surface area contributed by atoms with Gasteiger partial charge in [-0.15, -0.1) is 0 Å². The van der Waals surface area contributed by atoms with Crippen LogP contribution in [0, 0.1) is 0 Å². The normalized spacial score (nSPS) is 20.6. The lowest BCUT2D eigenvalue weighted by atomic mass is 10.0. The average Bonchev–Trinajstić information content (AvgIpc) is 2.71. The van der Waals surface area contributed by atoms with E-state index < -0.39 is 9.84 Å². The summed E-state index contributed by atoms with van der Waals surface area (Å²) in [6.45, 7) is 1.90. The molecule has 154 valence electrons. The van der Waals surface area contributed by atoms with Gasteiger partial charge in [0, 0.05) is 18.1 Å². The van der Waals surface area contributed by atoms with E-state index in [9.17, 15) is 13.2 Å². The Labute approximate surface area is 176 Å². The number of fused-ring (bicyclic) bond motifs is 1. The van der Waals surface area contributed by atoms with E-state index in [0.717, 1.165) is 31.6 Å². The fraction of sp³-hybridized carbons (Fsp3) is 0.381. The molecule has 2 amide bonds. The highest BCUT2D eigenvalue weighted by Crippen LogP contribution is 2.33. The molecule has 1 saturated heterocycles. The van der Waals surface area contributed by atoms with Gasteiger partial charge < -0.3 is 15.5 Å². The van der Waals surface area contributed by atoms with Gasteiger partial charge in [0.05, 0.1) is 28.1 Å². The van der Waals surface area contributed by atoms with E-state index in [0.29, 0.717) is 27.6 Å². The number of hydrogen-bond acceptors (Lipinski definition) is 4. The van der Waals surface area contributed by atoms with Gasteiger partial charge in [-0.25, -0.2) is 13.2 Å². The van der Waals surface area contributed by atoms with E-state index in [4.69, 9.17) is 11.6 Å². The molecule has 2 aromatic carbocycles. The summed E-state index contributed by atoms with van der Waals surface area (Å²) < 4.78 is 24.6. The molecular formula is C21H24ClN3O3S. The van der Waals surface area contributed by atoms with E-state index in [-0.39, 0.29) is 17.8 Å². The molecular weight excluding hydrogens is 410 g/mol. The zero-order valence-corrected chi connectivity index (χ0v) is 17.6. The van der Waals surface area contributed by atoms with Crippen LogP contribution in [0.4, 0.5) is 16.2 Å². The molecule has 4 rings (SSSR count). The first-order valence-electron chi connectivity index (χ1n) is 9.88. The lowest BCUT2D eigenvalue weighted by molar-refractivity contribution is 0.248. The van der Waals surface area contributed by atoms with Crippen LogP contribution < -0.4 is 15.5 Å². The number of benzene rings is 2. The van der Waals surface area contributed by atoms with Crippen molar-refractivity contribution in [2.75, 3.05) is 29.1 Å². The van der Waals surface area contributed by atoms with Crippen LogP contribution in [0.25, 0.3) is 0 Å². The largest absolute Gasteiger partial charge is 0.370 e. The fourth-order valence-electron chi connectivity index (χ4n) is 4.08. The number of hydrogen-bond donors (Lipinski definition) is 2. The van der Waals surface area contributed by atoms with E-state index in [1.165, 1.54) is 6.42 Å². The van der Waals surface area contributed by atoms with Crippen LogP contribution in [-0.2, 0) is 9.84 Å². The van der Waals surface area contributed by atoms with Crippen LogP contribution in [0.3, 0.4) is 0 Å². The first-order valence-corrected chi connectivity index (χ1v) is 11.9. The maximum Gasteiger partial charge on any atom is 0.319 e. The second-order valence-electron chi connectivity index (χ2n) is 7.51. The number of anilines is 2. The molecule has 2 N–H and O–H groups in total. The highest BCUT2D eigenvalue weighted by Gasteiger charge is 2.31. The summed E-state index contributed by atoms with van der Waals surface area (Å²) in [6.07, 6.45) is 3.82. The molecule has 1 atom stereocenters. The zero-order valence-electron chi connectivity index (χ0n) is 16.0. The molecule has 0 aliphatic carbocycles. The molecule has 2 heterocycles. The Balaban J connectivity index is 1.53. The molecule has 0 bridgehead atoms. The number of urea groups is 1. The molecule has 0 aromatic heterocycles. The number of carbonyl (C=O) groups excluding carboxylic acids is 1. The summed E-state index contributed by atoms with van der Waals surface area (Å²) >= 11 is 6.17. The number of sulfone groups is 1. The topological polar surface area (TPSA) is 78.5 Å². The van der Waals surface area contributed by atoms with Crippen molar-refractivity contribution in [1.82, 2.24) is 5.32 Å². The lowest BCUT2D eigenvalue weighted by Crippen LogP contribution is -2.37. The van der Waals surface area contributed by atoms with Crippen LogP contribution in [-0.4, -0.2) is 33.3 Å². The molecule has 1 unspecified atom stereocenters. The van der Waals surface area contributed by atoms with Crippen LogP contribution in [0.2, 0.25) is 5.02 Å². The monoisotopic (exact) mass is 433 g/mol. The highest BCUT2D eigenvalue weighted by molar-refractivity contribution is 7.91. The van der Waals surface area contributed by atoms with Gasteiger partial charge in [-0.2, -0.15) is 0 Å². The quantitative estimate of drug-likeness (QED) is 0.753. The Kier molecular flexibility index (Phi) is 5.69. The summed E-state index contributed by atoms with van der Waals surface area (Å²) in [5.74, 6) is 0.0190. The lowest BCUT2D eigenvalue weighted by Gasteiger charge is -2.31. The van der Waals surface area contributed by atoms with Crippen LogP contribution in [0.5, 0.6) is 0 Å². The summed E-state index contributed by atoms with van der Waals surface area (Å²) in [5.41, 5.74) is 2.25.